The first-order valence-corrected chi connectivity index (χ1v) is 7.64. The van der Waals surface area contributed by atoms with Crippen molar-refractivity contribution >= 4 is 21.9 Å². The fraction of sp³-hybridized carbons (Fsp3) is 0.400. The highest BCUT2D eigenvalue weighted by Gasteiger charge is 2.24. The average Bonchev–Trinajstić information content (AvgIpc) is 2.73. The molecule has 0 saturated carbocycles. The van der Waals surface area contributed by atoms with Crippen LogP contribution in [0.15, 0.2) is 40.8 Å². The molecule has 0 atom stereocenters. The Bertz CT molecular complexity index is 807. The van der Waals surface area contributed by atoms with E-state index in [1.807, 2.05) is 6.07 Å². The van der Waals surface area contributed by atoms with Gasteiger partial charge in [0.15, 0.2) is 0 Å². The molecule has 0 N–H and O–H groups in total. The second-order valence-corrected chi connectivity index (χ2v) is 8.00. The minimum Gasteiger partial charge on any atom is -0.456 e. The van der Waals surface area contributed by atoms with Crippen molar-refractivity contribution in [3.63, 3.8) is 0 Å². The van der Waals surface area contributed by atoms with E-state index in [0.717, 1.165) is 11.2 Å². The molecular weight excluding hydrogens is 256 g/mol. The first-order chi connectivity index (χ1) is 9.68. The molecule has 21 heavy (non-hydrogen) atoms. The first-order valence-electron chi connectivity index (χ1n) is 7.64. The van der Waals surface area contributed by atoms with Gasteiger partial charge in [-0.15, -0.1) is 0 Å². The minimum atomic E-state index is 0.0894. The quantitative estimate of drug-likeness (QED) is 0.479. The van der Waals surface area contributed by atoms with Crippen LogP contribution in [0.1, 0.15) is 52.7 Å². The summed E-state index contributed by atoms with van der Waals surface area (Å²) in [5, 5.41) is 2.49. The first kappa shape index (κ1) is 14.2. The van der Waals surface area contributed by atoms with E-state index in [4.69, 9.17) is 4.42 Å². The van der Waals surface area contributed by atoms with Crippen LogP contribution in [0.25, 0.3) is 21.9 Å². The van der Waals surface area contributed by atoms with Crippen LogP contribution < -0.4 is 0 Å². The summed E-state index contributed by atoms with van der Waals surface area (Å²) in [7, 11) is 0. The van der Waals surface area contributed by atoms with Crippen LogP contribution in [-0.4, -0.2) is 0 Å². The number of hydrogen-bond donors (Lipinski definition) is 0. The minimum absolute atomic E-state index is 0.0894. The lowest BCUT2D eigenvalue weighted by Gasteiger charge is -2.25. The molecule has 2 aromatic carbocycles. The molecule has 3 rings (SSSR count). The van der Waals surface area contributed by atoms with Crippen LogP contribution in [0.5, 0.6) is 0 Å². The molecule has 1 aromatic heterocycles. The van der Waals surface area contributed by atoms with Gasteiger partial charge >= 0.3 is 0 Å². The molecule has 0 aliphatic carbocycles. The van der Waals surface area contributed by atoms with Crippen molar-refractivity contribution in [2.24, 2.45) is 0 Å². The van der Waals surface area contributed by atoms with Gasteiger partial charge in [-0.25, -0.2) is 0 Å². The highest BCUT2D eigenvalue weighted by atomic mass is 16.3. The summed E-state index contributed by atoms with van der Waals surface area (Å²) >= 11 is 0. The van der Waals surface area contributed by atoms with Crippen LogP contribution in [-0.2, 0) is 10.8 Å². The molecule has 0 amide bonds. The number of para-hydroxylation sites is 1. The standard InChI is InChI=1S/C20H24O/c1-19(2,3)13-11-15(20(4,5)6)18-14-9-7-8-10-16(14)21-17(18)12-13/h7-12H,1-6H3. The van der Waals surface area contributed by atoms with Gasteiger partial charge in [0.05, 0.1) is 0 Å². The number of furan rings is 1. The molecule has 3 aromatic rings. The van der Waals surface area contributed by atoms with Crippen LogP contribution in [0.4, 0.5) is 0 Å². The fourth-order valence-corrected chi connectivity index (χ4v) is 2.88. The molecule has 0 fully saturated rings. The van der Waals surface area contributed by atoms with Crippen molar-refractivity contribution < 1.29 is 4.42 Å². The lowest BCUT2D eigenvalue weighted by atomic mass is 9.79. The Morgan fingerprint density at radius 1 is 0.762 bits per heavy atom. The third kappa shape index (κ3) is 2.35. The summed E-state index contributed by atoms with van der Waals surface area (Å²) < 4.78 is 6.12. The Morgan fingerprint density at radius 3 is 2.05 bits per heavy atom. The van der Waals surface area contributed by atoms with Gasteiger partial charge in [-0.2, -0.15) is 0 Å². The maximum atomic E-state index is 6.12. The van der Waals surface area contributed by atoms with E-state index in [-0.39, 0.29) is 10.8 Å². The van der Waals surface area contributed by atoms with E-state index in [2.05, 4.69) is 71.9 Å². The zero-order valence-corrected chi connectivity index (χ0v) is 13.9. The van der Waals surface area contributed by atoms with Crippen molar-refractivity contribution in [3.05, 3.63) is 47.5 Å². The van der Waals surface area contributed by atoms with Crippen LogP contribution >= 0.6 is 0 Å². The van der Waals surface area contributed by atoms with Gasteiger partial charge in [-0.1, -0.05) is 65.8 Å². The molecule has 1 heteroatoms. The Balaban J connectivity index is 2.48. The molecule has 0 aliphatic heterocycles. The maximum absolute atomic E-state index is 6.12. The SMILES string of the molecule is CC(C)(C)c1cc(C(C)(C)C)c2c(c1)oc1ccccc12. The molecule has 110 valence electrons. The van der Waals surface area contributed by atoms with Gasteiger partial charge in [-0.05, 0) is 34.1 Å². The zero-order valence-electron chi connectivity index (χ0n) is 13.9. The fourth-order valence-electron chi connectivity index (χ4n) is 2.88. The van der Waals surface area contributed by atoms with Gasteiger partial charge in [-0.3, -0.25) is 0 Å². The third-order valence-electron chi connectivity index (χ3n) is 4.15. The van der Waals surface area contributed by atoms with Crippen molar-refractivity contribution in [2.75, 3.05) is 0 Å². The lowest BCUT2D eigenvalue weighted by Crippen LogP contribution is -2.16. The average molecular weight is 280 g/mol. The third-order valence-corrected chi connectivity index (χ3v) is 4.15. The number of hydrogen-bond acceptors (Lipinski definition) is 1. The predicted octanol–water partition coefficient (Wildman–Crippen LogP) is 6.18. The van der Waals surface area contributed by atoms with Gasteiger partial charge in [0.25, 0.3) is 0 Å². The largest absolute Gasteiger partial charge is 0.456 e. The van der Waals surface area contributed by atoms with E-state index < -0.39 is 0 Å². The zero-order chi connectivity index (χ0) is 15.4. The molecule has 1 heterocycles. The lowest BCUT2D eigenvalue weighted by molar-refractivity contribution is 0.569. The summed E-state index contributed by atoms with van der Waals surface area (Å²) in [6, 6.07) is 12.9. The van der Waals surface area contributed by atoms with Crippen molar-refractivity contribution in [1.29, 1.82) is 0 Å². The number of benzene rings is 2. The van der Waals surface area contributed by atoms with Crippen LogP contribution in [0.3, 0.4) is 0 Å². The molecule has 1 nitrogen and oxygen atoms in total. The molecule has 0 saturated heterocycles. The van der Waals surface area contributed by atoms with E-state index in [9.17, 15) is 0 Å². The van der Waals surface area contributed by atoms with E-state index >= 15 is 0 Å². The van der Waals surface area contributed by atoms with Gasteiger partial charge in [0, 0.05) is 10.8 Å². The summed E-state index contributed by atoms with van der Waals surface area (Å²) in [6.07, 6.45) is 0. The van der Waals surface area contributed by atoms with Crippen LogP contribution in [0.2, 0.25) is 0 Å². The Kier molecular flexibility index (Phi) is 2.95. The van der Waals surface area contributed by atoms with Crippen molar-refractivity contribution in [1.82, 2.24) is 0 Å². The smallest absolute Gasteiger partial charge is 0.136 e. The summed E-state index contributed by atoms with van der Waals surface area (Å²) in [5.74, 6) is 0. The predicted molar refractivity (Wildman–Crippen MR) is 91.1 cm³/mol. The van der Waals surface area contributed by atoms with Crippen LogP contribution in [0, 0.1) is 0 Å². The summed E-state index contributed by atoms with van der Waals surface area (Å²) in [6.45, 7) is 13.6. The van der Waals surface area contributed by atoms with Crippen molar-refractivity contribution in [2.45, 2.75) is 52.4 Å². The Labute approximate surface area is 127 Å². The summed E-state index contributed by atoms with van der Waals surface area (Å²) in [5.41, 5.74) is 4.89. The van der Waals surface area contributed by atoms with E-state index in [1.54, 1.807) is 0 Å². The second kappa shape index (κ2) is 4.37. The van der Waals surface area contributed by atoms with E-state index in [1.165, 1.54) is 21.9 Å². The molecule has 0 spiro atoms. The van der Waals surface area contributed by atoms with Gasteiger partial charge < -0.3 is 4.42 Å². The number of rotatable bonds is 0. The molecule has 0 unspecified atom stereocenters. The molecular formula is C20H24O. The second-order valence-electron chi connectivity index (χ2n) is 8.00. The molecule has 0 radical (unpaired) electrons. The Morgan fingerprint density at radius 2 is 1.43 bits per heavy atom. The van der Waals surface area contributed by atoms with Crippen molar-refractivity contribution in [3.8, 4) is 0 Å². The topological polar surface area (TPSA) is 13.1 Å². The Hall–Kier alpha value is -1.76. The van der Waals surface area contributed by atoms with Gasteiger partial charge in [0.2, 0.25) is 0 Å². The normalized spacial score (nSPS) is 13.2. The van der Waals surface area contributed by atoms with E-state index in [0.29, 0.717) is 0 Å². The number of fused-ring (bicyclic) bond motifs is 3. The molecule has 0 aliphatic rings. The highest BCUT2D eigenvalue weighted by molar-refractivity contribution is 6.07. The summed E-state index contributed by atoms with van der Waals surface area (Å²) in [4.78, 5) is 0. The monoisotopic (exact) mass is 280 g/mol. The van der Waals surface area contributed by atoms with Gasteiger partial charge in [0.1, 0.15) is 11.2 Å². The maximum Gasteiger partial charge on any atom is 0.136 e. The highest BCUT2D eigenvalue weighted by Crippen LogP contribution is 2.40. The molecule has 0 bridgehead atoms.